The van der Waals surface area contributed by atoms with Crippen molar-refractivity contribution in [2.75, 3.05) is 0 Å². The van der Waals surface area contributed by atoms with Crippen LogP contribution in [0.5, 0.6) is 0 Å². The van der Waals surface area contributed by atoms with Gasteiger partial charge in [0, 0.05) is 12.3 Å². The molecular formula is C10H16O. The maximum Gasteiger partial charge on any atom is 0.136 e. The lowest BCUT2D eigenvalue weighted by molar-refractivity contribution is -0.121. The molecule has 62 valence electrons. The zero-order chi connectivity index (χ0) is 8.43. The van der Waals surface area contributed by atoms with Crippen molar-refractivity contribution in [3.8, 4) is 0 Å². The molecule has 1 fully saturated rings. The number of hydrogen-bond donors (Lipinski definition) is 0. The molecule has 0 aromatic rings. The molecule has 0 aromatic carbocycles. The first-order valence-corrected chi connectivity index (χ1v) is 4.28. The summed E-state index contributed by atoms with van der Waals surface area (Å²) >= 11 is 0. The van der Waals surface area contributed by atoms with E-state index in [0.29, 0.717) is 11.7 Å². The summed E-state index contributed by atoms with van der Waals surface area (Å²) in [5, 5.41) is 0. The average Bonchev–Trinajstić information content (AvgIpc) is 2.18. The summed E-state index contributed by atoms with van der Waals surface area (Å²) < 4.78 is 0. The van der Waals surface area contributed by atoms with E-state index in [0.717, 1.165) is 24.8 Å². The number of rotatable bonds is 2. The van der Waals surface area contributed by atoms with Gasteiger partial charge in [0.05, 0.1) is 0 Å². The SMILES string of the molecule is C=C(C)CC1C(=O)CC[C@H]1C. The molecule has 1 unspecified atom stereocenters. The van der Waals surface area contributed by atoms with E-state index >= 15 is 0 Å². The van der Waals surface area contributed by atoms with Crippen LogP contribution in [0.2, 0.25) is 0 Å². The number of ketones is 1. The number of carbonyl (C=O) groups excluding carboxylic acids is 1. The molecule has 0 spiro atoms. The predicted molar refractivity (Wildman–Crippen MR) is 46.3 cm³/mol. The third-order valence-electron chi connectivity index (χ3n) is 2.51. The standard InChI is InChI=1S/C10H16O/c1-7(2)6-9-8(3)4-5-10(9)11/h8-9H,1,4-6H2,2-3H3/t8-,9?/m1/s1. The molecule has 0 bridgehead atoms. The molecule has 11 heavy (non-hydrogen) atoms. The maximum atomic E-state index is 11.3. The summed E-state index contributed by atoms with van der Waals surface area (Å²) in [5.74, 6) is 1.31. The highest BCUT2D eigenvalue weighted by molar-refractivity contribution is 5.83. The highest BCUT2D eigenvalue weighted by atomic mass is 16.1. The summed E-state index contributed by atoms with van der Waals surface area (Å²) in [6.45, 7) is 8.00. The van der Waals surface area contributed by atoms with Crippen LogP contribution in [0.1, 0.15) is 33.1 Å². The first-order chi connectivity index (χ1) is 5.11. The minimum absolute atomic E-state index is 0.285. The van der Waals surface area contributed by atoms with Gasteiger partial charge in [-0.2, -0.15) is 0 Å². The second kappa shape index (κ2) is 3.21. The van der Waals surface area contributed by atoms with Gasteiger partial charge in [-0.1, -0.05) is 12.5 Å². The second-order valence-corrected chi connectivity index (χ2v) is 3.75. The van der Waals surface area contributed by atoms with Gasteiger partial charge < -0.3 is 0 Å². The second-order valence-electron chi connectivity index (χ2n) is 3.75. The molecule has 0 saturated heterocycles. The van der Waals surface area contributed by atoms with E-state index in [-0.39, 0.29) is 5.92 Å². The smallest absolute Gasteiger partial charge is 0.136 e. The van der Waals surface area contributed by atoms with Crippen molar-refractivity contribution in [2.24, 2.45) is 11.8 Å². The van der Waals surface area contributed by atoms with E-state index in [1.54, 1.807) is 0 Å². The molecule has 0 aliphatic heterocycles. The molecular weight excluding hydrogens is 136 g/mol. The molecule has 1 aliphatic rings. The van der Waals surface area contributed by atoms with Crippen molar-refractivity contribution < 1.29 is 4.79 Å². The minimum atomic E-state index is 0.285. The number of Topliss-reactive ketones (excluding diaryl/α,β-unsaturated/α-hetero) is 1. The Morgan fingerprint density at radius 1 is 1.73 bits per heavy atom. The van der Waals surface area contributed by atoms with Crippen LogP contribution < -0.4 is 0 Å². The lowest BCUT2D eigenvalue weighted by atomic mass is 9.91. The topological polar surface area (TPSA) is 17.1 Å². The van der Waals surface area contributed by atoms with Gasteiger partial charge in [-0.15, -0.1) is 6.58 Å². The molecule has 2 atom stereocenters. The summed E-state index contributed by atoms with van der Waals surface area (Å²) in [6.07, 6.45) is 2.77. The lowest BCUT2D eigenvalue weighted by Crippen LogP contribution is -2.12. The summed E-state index contributed by atoms with van der Waals surface area (Å²) in [5.41, 5.74) is 1.14. The van der Waals surface area contributed by atoms with Crippen LogP contribution in [0.4, 0.5) is 0 Å². The van der Waals surface area contributed by atoms with Crippen molar-refractivity contribution >= 4 is 5.78 Å². The van der Waals surface area contributed by atoms with E-state index in [9.17, 15) is 4.79 Å². The van der Waals surface area contributed by atoms with Crippen molar-refractivity contribution in [1.82, 2.24) is 0 Å². The van der Waals surface area contributed by atoms with Gasteiger partial charge in [0.25, 0.3) is 0 Å². The highest BCUT2D eigenvalue weighted by Crippen LogP contribution is 2.32. The Morgan fingerprint density at radius 3 is 2.73 bits per heavy atom. The lowest BCUT2D eigenvalue weighted by Gasteiger charge is -2.12. The highest BCUT2D eigenvalue weighted by Gasteiger charge is 2.30. The Kier molecular flexibility index (Phi) is 2.48. The van der Waals surface area contributed by atoms with E-state index in [4.69, 9.17) is 0 Å². The van der Waals surface area contributed by atoms with Gasteiger partial charge in [0.15, 0.2) is 0 Å². The third-order valence-corrected chi connectivity index (χ3v) is 2.51. The number of hydrogen-bond acceptors (Lipinski definition) is 1. The molecule has 1 aliphatic carbocycles. The van der Waals surface area contributed by atoms with Gasteiger partial charge in [-0.3, -0.25) is 4.79 Å². The molecule has 0 N–H and O–H groups in total. The zero-order valence-electron chi connectivity index (χ0n) is 7.39. The normalized spacial score (nSPS) is 30.9. The molecule has 1 rings (SSSR count). The molecule has 0 radical (unpaired) electrons. The van der Waals surface area contributed by atoms with Crippen LogP contribution in [0.25, 0.3) is 0 Å². The Labute approximate surface area is 68.5 Å². The van der Waals surface area contributed by atoms with Crippen LogP contribution in [-0.4, -0.2) is 5.78 Å². The van der Waals surface area contributed by atoms with Gasteiger partial charge in [0.2, 0.25) is 0 Å². The predicted octanol–water partition coefficient (Wildman–Crippen LogP) is 2.57. The monoisotopic (exact) mass is 152 g/mol. The Hall–Kier alpha value is -0.590. The number of allylic oxidation sites excluding steroid dienone is 1. The molecule has 1 heteroatoms. The fourth-order valence-electron chi connectivity index (χ4n) is 1.76. The van der Waals surface area contributed by atoms with E-state index < -0.39 is 0 Å². The molecule has 0 amide bonds. The molecule has 0 aromatic heterocycles. The first-order valence-electron chi connectivity index (χ1n) is 4.28. The molecule has 1 saturated carbocycles. The third kappa shape index (κ3) is 1.92. The van der Waals surface area contributed by atoms with Crippen LogP contribution in [0.15, 0.2) is 12.2 Å². The van der Waals surface area contributed by atoms with Crippen molar-refractivity contribution in [3.05, 3.63) is 12.2 Å². The van der Waals surface area contributed by atoms with E-state index in [1.165, 1.54) is 0 Å². The maximum absolute atomic E-state index is 11.3. The fraction of sp³-hybridized carbons (Fsp3) is 0.700. The summed E-state index contributed by atoms with van der Waals surface area (Å²) in [7, 11) is 0. The quantitative estimate of drug-likeness (QED) is 0.556. The fourth-order valence-corrected chi connectivity index (χ4v) is 1.76. The Balaban J connectivity index is 2.54. The first kappa shape index (κ1) is 8.51. The van der Waals surface area contributed by atoms with Gasteiger partial charge in [-0.25, -0.2) is 0 Å². The van der Waals surface area contributed by atoms with Crippen LogP contribution >= 0.6 is 0 Å². The van der Waals surface area contributed by atoms with Crippen molar-refractivity contribution in [3.63, 3.8) is 0 Å². The average molecular weight is 152 g/mol. The summed E-state index contributed by atoms with van der Waals surface area (Å²) in [6, 6.07) is 0. The van der Waals surface area contributed by atoms with Crippen LogP contribution in [0.3, 0.4) is 0 Å². The van der Waals surface area contributed by atoms with Crippen LogP contribution in [0, 0.1) is 11.8 Å². The van der Waals surface area contributed by atoms with Gasteiger partial charge in [-0.05, 0) is 25.7 Å². The van der Waals surface area contributed by atoms with Gasteiger partial charge >= 0.3 is 0 Å². The zero-order valence-corrected chi connectivity index (χ0v) is 7.39. The van der Waals surface area contributed by atoms with E-state index in [2.05, 4.69) is 13.5 Å². The molecule has 0 heterocycles. The van der Waals surface area contributed by atoms with Crippen molar-refractivity contribution in [1.29, 1.82) is 0 Å². The van der Waals surface area contributed by atoms with E-state index in [1.807, 2.05) is 6.92 Å². The largest absolute Gasteiger partial charge is 0.299 e. The van der Waals surface area contributed by atoms with Crippen LogP contribution in [-0.2, 0) is 4.79 Å². The Morgan fingerprint density at radius 2 is 2.36 bits per heavy atom. The van der Waals surface area contributed by atoms with Gasteiger partial charge in [0.1, 0.15) is 5.78 Å². The Bertz CT molecular complexity index is 181. The summed E-state index contributed by atoms with van der Waals surface area (Å²) in [4.78, 5) is 11.3. The minimum Gasteiger partial charge on any atom is -0.299 e. The number of carbonyl (C=O) groups is 1. The van der Waals surface area contributed by atoms with Crippen molar-refractivity contribution in [2.45, 2.75) is 33.1 Å². The molecule has 1 nitrogen and oxygen atoms in total.